The molecule has 262 valence electrons. The molecule has 50 heavy (non-hydrogen) atoms. The molecule has 0 saturated heterocycles. The first-order valence-corrected chi connectivity index (χ1v) is 17.5. The molecule has 0 aromatic heterocycles. The van der Waals surface area contributed by atoms with Crippen LogP contribution in [0.3, 0.4) is 0 Å². The van der Waals surface area contributed by atoms with Gasteiger partial charge in [0.1, 0.15) is 0 Å². The van der Waals surface area contributed by atoms with Crippen molar-refractivity contribution in [2.24, 2.45) is 0 Å². The lowest BCUT2D eigenvalue weighted by molar-refractivity contribution is -0.138. The molecule has 0 unspecified atom stereocenters. The van der Waals surface area contributed by atoms with Crippen molar-refractivity contribution in [1.82, 2.24) is 0 Å². The maximum absolute atomic E-state index is 15.1. The molecule has 5 aromatic rings. The van der Waals surface area contributed by atoms with Gasteiger partial charge >= 0.3 is 24.7 Å². The molecular weight excluding hydrogens is 730 g/mol. The summed E-state index contributed by atoms with van der Waals surface area (Å²) in [5.74, 6) is 0. The number of halogens is 12. The van der Waals surface area contributed by atoms with Crippen LogP contribution in [0.5, 0.6) is 0 Å². The number of alkyl halides is 12. The number of benzene rings is 5. The summed E-state index contributed by atoms with van der Waals surface area (Å²) in [4.78, 5) is 0. The van der Waals surface area contributed by atoms with Crippen LogP contribution >= 0.6 is 14.3 Å². The molecular formula is C34H20F12O2P2. The van der Waals surface area contributed by atoms with Crippen LogP contribution in [0.4, 0.5) is 52.7 Å². The van der Waals surface area contributed by atoms with Gasteiger partial charge in [-0.3, -0.25) is 0 Å². The summed E-state index contributed by atoms with van der Waals surface area (Å²) in [6.07, 6.45) is -19.2. The topological polar surface area (TPSA) is 34.1 Å². The normalized spacial score (nSPS) is 13.4. The van der Waals surface area contributed by atoms with Crippen LogP contribution in [0.25, 0.3) is 0 Å². The van der Waals surface area contributed by atoms with E-state index in [1.807, 2.05) is 0 Å². The Morgan fingerprint density at radius 3 is 0.680 bits per heavy atom. The highest BCUT2D eigenvalue weighted by Crippen LogP contribution is 2.47. The van der Waals surface area contributed by atoms with Crippen LogP contribution in [0.2, 0.25) is 0 Å². The van der Waals surface area contributed by atoms with Crippen molar-refractivity contribution in [3.8, 4) is 0 Å². The number of hydrogen-bond donors (Lipinski definition) is 0. The molecule has 0 aliphatic rings. The monoisotopic (exact) mass is 750 g/mol. The molecule has 0 atom stereocenters. The van der Waals surface area contributed by atoms with Crippen molar-refractivity contribution in [3.05, 3.63) is 144 Å². The van der Waals surface area contributed by atoms with Gasteiger partial charge in [0.15, 0.2) is 14.3 Å². The molecule has 5 rings (SSSR count). The van der Waals surface area contributed by atoms with Crippen molar-refractivity contribution < 1.29 is 61.8 Å². The minimum atomic E-state index is -4.80. The third kappa shape index (κ3) is 7.14. The highest BCUT2D eigenvalue weighted by molar-refractivity contribution is 7.86. The molecule has 16 heteroatoms. The fourth-order valence-electron chi connectivity index (χ4n) is 5.22. The molecule has 0 saturated carbocycles. The van der Waals surface area contributed by atoms with E-state index in [9.17, 15) is 52.7 Å². The lowest BCUT2D eigenvalue weighted by Gasteiger charge is -2.25. The molecule has 2 nitrogen and oxygen atoms in total. The second-order valence-corrected chi connectivity index (χ2v) is 16.5. The van der Waals surface area contributed by atoms with E-state index in [0.29, 0.717) is 48.5 Å². The van der Waals surface area contributed by atoms with Gasteiger partial charge in [-0.05, 0) is 54.6 Å². The Bertz CT molecular complexity index is 1810. The predicted molar refractivity (Wildman–Crippen MR) is 165 cm³/mol. The zero-order valence-electron chi connectivity index (χ0n) is 24.8. The highest BCUT2D eigenvalue weighted by atomic mass is 31.2. The zero-order chi connectivity index (χ0) is 36.9. The van der Waals surface area contributed by atoms with Gasteiger partial charge in [0.2, 0.25) is 0 Å². The standard InChI is InChI=1S/C34H20F12O2P2/c35-31(36,37)21-4-12-25(13-5-21)49(47,26-14-6-22(7-15-26)32(38,39)40)29-2-1-3-30(20-29)50(48,27-16-8-23(9-17-27)33(41,42)43)28-18-10-24(11-19-28)34(44,45)46/h1-20H. The molecule has 0 spiro atoms. The second kappa shape index (κ2) is 12.8. The van der Waals surface area contributed by atoms with E-state index in [2.05, 4.69) is 0 Å². The average molecular weight is 750 g/mol. The Balaban J connectivity index is 1.76. The Morgan fingerprint density at radius 2 is 0.500 bits per heavy atom. The fraction of sp³-hybridized carbons (Fsp3) is 0.118. The summed E-state index contributed by atoms with van der Waals surface area (Å²) in [6.45, 7) is 0. The van der Waals surface area contributed by atoms with Gasteiger partial charge in [0.05, 0.1) is 22.3 Å². The molecule has 0 radical (unpaired) electrons. The van der Waals surface area contributed by atoms with Gasteiger partial charge in [-0.25, -0.2) is 0 Å². The summed E-state index contributed by atoms with van der Waals surface area (Å²) in [6, 6.07) is 16.6. The molecule has 0 aliphatic carbocycles. The number of hydrogen-bond acceptors (Lipinski definition) is 2. The summed E-state index contributed by atoms with van der Waals surface area (Å²) < 4.78 is 191. The van der Waals surface area contributed by atoms with E-state index < -0.39 is 61.2 Å². The Morgan fingerprint density at radius 1 is 0.300 bits per heavy atom. The SMILES string of the molecule is O=P(c1ccc(C(F)(F)F)cc1)(c1ccc(C(F)(F)F)cc1)c1cccc(P(=O)(c2ccc(C(F)(F)F)cc2)c2ccc(C(F)(F)F)cc2)c1. The molecule has 0 N–H and O–H groups in total. The van der Waals surface area contributed by atoms with Gasteiger partial charge in [0, 0.05) is 31.8 Å². The molecule has 0 aliphatic heterocycles. The van der Waals surface area contributed by atoms with Crippen LogP contribution in [-0.4, -0.2) is 0 Å². The quantitative estimate of drug-likeness (QED) is 0.128. The Kier molecular flexibility index (Phi) is 9.47. The predicted octanol–water partition coefficient (Wildman–Crippen LogP) is 9.04. The summed E-state index contributed by atoms with van der Waals surface area (Å²) >= 11 is 0. The lowest BCUT2D eigenvalue weighted by Crippen LogP contribution is -2.31. The molecule has 0 bridgehead atoms. The average Bonchev–Trinajstić information content (AvgIpc) is 3.06. The lowest BCUT2D eigenvalue weighted by atomic mass is 10.2. The van der Waals surface area contributed by atoms with E-state index in [0.717, 1.165) is 54.6 Å². The van der Waals surface area contributed by atoms with E-state index in [4.69, 9.17) is 0 Å². The summed E-state index contributed by atoms with van der Waals surface area (Å²) in [5.41, 5.74) is -4.49. The molecule has 0 amide bonds. The van der Waals surface area contributed by atoms with Crippen LogP contribution < -0.4 is 31.8 Å². The molecule has 0 heterocycles. The summed E-state index contributed by atoms with van der Waals surface area (Å²) in [7, 11) is -8.83. The van der Waals surface area contributed by atoms with E-state index in [1.54, 1.807) is 0 Å². The van der Waals surface area contributed by atoms with E-state index in [1.165, 1.54) is 18.2 Å². The Labute approximate surface area is 276 Å². The van der Waals surface area contributed by atoms with E-state index in [-0.39, 0.29) is 31.8 Å². The van der Waals surface area contributed by atoms with Crippen molar-refractivity contribution >= 4 is 46.1 Å². The van der Waals surface area contributed by atoms with Crippen molar-refractivity contribution in [2.45, 2.75) is 24.7 Å². The highest BCUT2D eigenvalue weighted by Gasteiger charge is 2.39. The third-order valence-electron chi connectivity index (χ3n) is 7.79. The van der Waals surface area contributed by atoms with Gasteiger partial charge in [-0.2, -0.15) is 52.7 Å². The first kappa shape index (κ1) is 37.0. The first-order chi connectivity index (χ1) is 23.1. The van der Waals surface area contributed by atoms with Crippen molar-refractivity contribution in [2.75, 3.05) is 0 Å². The van der Waals surface area contributed by atoms with Gasteiger partial charge in [-0.15, -0.1) is 0 Å². The smallest absolute Gasteiger partial charge is 0.309 e. The minimum absolute atomic E-state index is 0.242. The first-order valence-electron chi connectivity index (χ1n) is 14.1. The Hall–Kier alpha value is -4.28. The molecule has 0 fully saturated rings. The van der Waals surface area contributed by atoms with Crippen molar-refractivity contribution in [3.63, 3.8) is 0 Å². The maximum atomic E-state index is 15.1. The second-order valence-electron chi connectivity index (χ2n) is 10.9. The molecule has 5 aromatic carbocycles. The van der Waals surface area contributed by atoms with Crippen LogP contribution in [-0.2, 0) is 33.8 Å². The fourth-order valence-corrected chi connectivity index (χ4v) is 10.6. The largest absolute Gasteiger partial charge is 0.416 e. The number of rotatable bonds is 6. The van der Waals surface area contributed by atoms with Crippen LogP contribution in [0.1, 0.15) is 22.3 Å². The maximum Gasteiger partial charge on any atom is 0.416 e. The third-order valence-corrected chi connectivity index (χ3v) is 13.9. The summed E-state index contributed by atoms with van der Waals surface area (Å²) in [5, 5.41) is -1.53. The van der Waals surface area contributed by atoms with Crippen LogP contribution in [0, 0.1) is 0 Å². The van der Waals surface area contributed by atoms with E-state index >= 15 is 9.13 Å². The zero-order valence-corrected chi connectivity index (χ0v) is 26.6. The van der Waals surface area contributed by atoms with Gasteiger partial charge < -0.3 is 9.13 Å². The van der Waals surface area contributed by atoms with Crippen LogP contribution in [0.15, 0.2) is 121 Å². The van der Waals surface area contributed by atoms with Crippen molar-refractivity contribution in [1.29, 1.82) is 0 Å². The van der Waals surface area contributed by atoms with Gasteiger partial charge in [-0.1, -0.05) is 66.7 Å². The minimum Gasteiger partial charge on any atom is -0.309 e. The van der Waals surface area contributed by atoms with Gasteiger partial charge in [0.25, 0.3) is 0 Å².